The number of hydrogen-bond donors (Lipinski definition) is 0. The number of rotatable bonds is 1. The maximum Gasteiger partial charge on any atom is 0.410 e. The fourth-order valence-electron chi connectivity index (χ4n) is 3.65. The van der Waals surface area contributed by atoms with Crippen molar-refractivity contribution >= 4 is 6.09 Å². The Hall–Kier alpha value is -2.17. The monoisotopic (exact) mass is 375 g/mol. The minimum atomic E-state index is -0.513. The Balaban J connectivity index is 1.67. The molecule has 0 N–H and O–H groups in total. The maximum atomic E-state index is 13.8. The van der Waals surface area contributed by atoms with Crippen molar-refractivity contribution in [3.8, 4) is 6.07 Å². The summed E-state index contributed by atoms with van der Waals surface area (Å²) in [6, 6.07) is 5.08. The van der Waals surface area contributed by atoms with Gasteiger partial charge in [-0.1, -0.05) is 6.07 Å². The number of carbonyl (C=O) groups is 1. The Morgan fingerprint density at radius 3 is 2.74 bits per heavy atom. The highest BCUT2D eigenvalue weighted by Gasteiger charge is 2.37. The number of amides is 1. The Kier molecular flexibility index (Phi) is 5.41. The smallest absolute Gasteiger partial charge is 0.410 e. The molecule has 1 aromatic carbocycles. The Labute approximate surface area is 159 Å². The average molecular weight is 375 g/mol. The van der Waals surface area contributed by atoms with Gasteiger partial charge in [0.1, 0.15) is 17.5 Å². The third-order valence-corrected chi connectivity index (χ3v) is 5.06. The van der Waals surface area contributed by atoms with Crippen molar-refractivity contribution < 1.29 is 18.7 Å². The van der Waals surface area contributed by atoms with Gasteiger partial charge in [0.15, 0.2) is 0 Å². The Morgan fingerprint density at radius 2 is 2.07 bits per heavy atom. The predicted octanol–water partition coefficient (Wildman–Crippen LogP) is 3.00. The standard InChI is InChI=1S/C20H26FN3O3/c1-13-15(5-6-17(21)16(13)9-22)18-11-23-7-8-24(10-14(23)12-26-18)19(25)27-20(2,3)4/h5-6,14,18H,7-8,10-12H2,1-4H3. The molecule has 0 radical (unpaired) electrons. The first-order valence-corrected chi connectivity index (χ1v) is 9.22. The van der Waals surface area contributed by atoms with E-state index in [2.05, 4.69) is 4.90 Å². The first-order valence-electron chi connectivity index (χ1n) is 9.22. The molecule has 2 unspecified atom stereocenters. The highest BCUT2D eigenvalue weighted by Crippen LogP contribution is 2.31. The molecule has 2 atom stereocenters. The van der Waals surface area contributed by atoms with Crippen LogP contribution in [0, 0.1) is 24.1 Å². The highest BCUT2D eigenvalue weighted by molar-refractivity contribution is 5.68. The summed E-state index contributed by atoms with van der Waals surface area (Å²) in [5, 5.41) is 9.18. The lowest BCUT2D eigenvalue weighted by Gasteiger charge is -2.46. The number of piperazine rings is 1. The minimum absolute atomic E-state index is 0.0768. The van der Waals surface area contributed by atoms with Crippen LogP contribution in [0.5, 0.6) is 0 Å². The lowest BCUT2D eigenvalue weighted by atomic mass is 9.96. The summed E-state index contributed by atoms with van der Waals surface area (Å²) >= 11 is 0. The Morgan fingerprint density at radius 1 is 1.33 bits per heavy atom. The van der Waals surface area contributed by atoms with Crippen molar-refractivity contribution in [3.05, 3.63) is 34.6 Å². The van der Waals surface area contributed by atoms with Gasteiger partial charge in [-0.2, -0.15) is 5.26 Å². The Bertz CT molecular complexity index is 769. The van der Waals surface area contributed by atoms with Crippen LogP contribution in [0.2, 0.25) is 0 Å². The molecular weight excluding hydrogens is 349 g/mol. The van der Waals surface area contributed by atoms with E-state index in [1.807, 2.05) is 26.8 Å². The average Bonchev–Trinajstić information content (AvgIpc) is 2.60. The van der Waals surface area contributed by atoms with Gasteiger partial charge < -0.3 is 14.4 Å². The molecule has 0 aliphatic carbocycles. The van der Waals surface area contributed by atoms with Crippen LogP contribution < -0.4 is 0 Å². The molecule has 2 saturated heterocycles. The van der Waals surface area contributed by atoms with Crippen LogP contribution in [0.25, 0.3) is 0 Å². The van der Waals surface area contributed by atoms with Gasteiger partial charge in [-0.05, 0) is 44.9 Å². The van der Waals surface area contributed by atoms with Crippen LogP contribution in [0.15, 0.2) is 12.1 Å². The number of ether oxygens (including phenoxy) is 2. The number of nitriles is 1. The molecule has 27 heavy (non-hydrogen) atoms. The summed E-state index contributed by atoms with van der Waals surface area (Å²) in [5.74, 6) is -0.501. The van der Waals surface area contributed by atoms with Gasteiger partial charge >= 0.3 is 6.09 Å². The van der Waals surface area contributed by atoms with Gasteiger partial charge in [0.2, 0.25) is 0 Å². The molecule has 2 aliphatic rings. The highest BCUT2D eigenvalue weighted by atomic mass is 19.1. The number of morpholine rings is 1. The molecule has 0 bridgehead atoms. The zero-order chi connectivity index (χ0) is 19.8. The van der Waals surface area contributed by atoms with Crippen molar-refractivity contribution in [2.75, 3.05) is 32.8 Å². The van der Waals surface area contributed by atoms with Crippen LogP contribution in [0.1, 0.15) is 43.6 Å². The first kappa shape index (κ1) is 19.6. The van der Waals surface area contributed by atoms with Gasteiger partial charge in [0.25, 0.3) is 0 Å². The number of nitrogens with zero attached hydrogens (tertiary/aromatic N) is 3. The summed E-state index contributed by atoms with van der Waals surface area (Å²) in [5.41, 5.74) is 1.04. The summed E-state index contributed by atoms with van der Waals surface area (Å²) in [6.45, 7) is 10.4. The van der Waals surface area contributed by atoms with Gasteiger partial charge in [-0.3, -0.25) is 4.90 Å². The lowest BCUT2D eigenvalue weighted by Crippen LogP contribution is -2.60. The van der Waals surface area contributed by atoms with Crippen LogP contribution in [-0.4, -0.2) is 60.3 Å². The number of benzene rings is 1. The molecule has 2 heterocycles. The molecule has 0 aromatic heterocycles. The van der Waals surface area contributed by atoms with E-state index >= 15 is 0 Å². The maximum absolute atomic E-state index is 13.8. The topological polar surface area (TPSA) is 65.8 Å². The van der Waals surface area contributed by atoms with E-state index in [1.165, 1.54) is 6.07 Å². The minimum Gasteiger partial charge on any atom is -0.444 e. The second-order valence-electron chi connectivity index (χ2n) is 8.15. The molecule has 146 valence electrons. The summed E-state index contributed by atoms with van der Waals surface area (Å²) in [6.07, 6.45) is -0.501. The fourth-order valence-corrected chi connectivity index (χ4v) is 3.65. The molecular formula is C20H26FN3O3. The molecule has 1 amide bonds. The third kappa shape index (κ3) is 4.23. The van der Waals surface area contributed by atoms with E-state index in [-0.39, 0.29) is 23.8 Å². The van der Waals surface area contributed by atoms with Crippen LogP contribution >= 0.6 is 0 Å². The van der Waals surface area contributed by atoms with Gasteiger partial charge in [0.05, 0.1) is 24.3 Å². The number of carbonyl (C=O) groups excluding carboxylic acids is 1. The van der Waals surface area contributed by atoms with E-state index in [1.54, 1.807) is 17.9 Å². The van der Waals surface area contributed by atoms with Crippen LogP contribution in [-0.2, 0) is 9.47 Å². The second-order valence-corrected chi connectivity index (χ2v) is 8.15. The van der Waals surface area contributed by atoms with Crippen molar-refractivity contribution in [1.82, 2.24) is 9.80 Å². The molecule has 3 rings (SSSR count). The van der Waals surface area contributed by atoms with Crippen molar-refractivity contribution in [1.29, 1.82) is 5.26 Å². The SMILES string of the molecule is Cc1c(C2CN3CCN(C(=O)OC(C)(C)C)CC3CO2)ccc(F)c1C#N. The fraction of sp³-hybridized carbons (Fsp3) is 0.600. The molecule has 6 nitrogen and oxygen atoms in total. The number of fused-ring (bicyclic) bond motifs is 1. The van der Waals surface area contributed by atoms with E-state index < -0.39 is 11.4 Å². The molecule has 0 spiro atoms. The van der Waals surface area contributed by atoms with Crippen molar-refractivity contribution in [2.24, 2.45) is 0 Å². The summed E-state index contributed by atoms with van der Waals surface area (Å²) in [7, 11) is 0. The van der Waals surface area contributed by atoms with Crippen molar-refractivity contribution in [3.63, 3.8) is 0 Å². The molecule has 2 aliphatic heterocycles. The quantitative estimate of drug-likeness (QED) is 0.755. The molecule has 0 saturated carbocycles. The summed E-state index contributed by atoms with van der Waals surface area (Å²) < 4.78 is 25.3. The van der Waals surface area contributed by atoms with Gasteiger partial charge in [-0.25, -0.2) is 9.18 Å². The zero-order valence-electron chi connectivity index (χ0n) is 16.3. The molecule has 1 aromatic rings. The second kappa shape index (κ2) is 7.45. The number of hydrogen-bond acceptors (Lipinski definition) is 5. The third-order valence-electron chi connectivity index (χ3n) is 5.06. The van der Waals surface area contributed by atoms with E-state index in [0.717, 1.165) is 12.1 Å². The van der Waals surface area contributed by atoms with Crippen LogP contribution in [0.3, 0.4) is 0 Å². The normalized spacial score (nSPS) is 23.5. The van der Waals surface area contributed by atoms with E-state index in [0.29, 0.717) is 31.8 Å². The van der Waals surface area contributed by atoms with Gasteiger partial charge in [-0.15, -0.1) is 0 Å². The van der Waals surface area contributed by atoms with Crippen molar-refractivity contribution in [2.45, 2.75) is 45.4 Å². The number of halogens is 1. The molecule has 2 fully saturated rings. The van der Waals surface area contributed by atoms with E-state index in [4.69, 9.17) is 9.47 Å². The van der Waals surface area contributed by atoms with Gasteiger partial charge in [0, 0.05) is 26.2 Å². The lowest BCUT2D eigenvalue weighted by molar-refractivity contribution is -0.0908. The predicted molar refractivity (Wildman–Crippen MR) is 97.7 cm³/mol. The van der Waals surface area contributed by atoms with Crippen LogP contribution in [0.4, 0.5) is 9.18 Å². The largest absolute Gasteiger partial charge is 0.444 e. The first-order chi connectivity index (χ1) is 12.7. The molecule has 7 heteroatoms. The zero-order valence-corrected chi connectivity index (χ0v) is 16.3. The van der Waals surface area contributed by atoms with E-state index in [9.17, 15) is 14.4 Å². The summed E-state index contributed by atoms with van der Waals surface area (Å²) in [4.78, 5) is 16.3.